The van der Waals surface area contributed by atoms with Crippen LogP contribution in [0.3, 0.4) is 0 Å². The van der Waals surface area contributed by atoms with E-state index in [-0.39, 0.29) is 34.3 Å². The van der Waals surface area contributed by atoms with E-state index < -0.39 is 15.7 Å². The Balaban J connectivity index is 1.69. The molecule has 0 bridgehead atoms. The van der Waals surface area contributed by atoms with E-state index in [0.29, 0.717) is 5.56 Å². The summed E-state index contributed by atoms with van der Waals surface area (Å²) in [7, 11) is -3.44. The van der Waals surface area contributed by atoms with Crippen LogP contribution in [0, 0.1) is 0 Å². The van der Waals surface area contributed by atoms with Crippen LogP contribution in [-0.2, 0) is 21.1 Å². The molecule has 0 saturated carbocycles. The molecule has 30 heavy (non-hydrogen) atoms. The molecular weight excluding hydrogens is 404 g/mol. The molecule has 1 fully saturated rings. The first-order valence-electron chi connectivity index (χ1n) is 10.0. The van der Waals surface area contributed by atoms with Crippen LogP contribution in [-0.4, -0.2) is 55.4 Å². The molecule has 0 aliphatic carbocycles. The molecule has 1 aliphatic rings. The summed E-state index contributed by atoms with van der Waals surface area (Å²) in [5.41, 5.74) is 1.58. The minimum absolute atomic E-state index is 0.0578. The highest BCUT2D eigenvalue weighted by molar-refractivity contribution is 7.91. The fourth-order valence-corrected chi connectivity index (χ4v) is 4.51. The second-order valence-corrected chi connectivity index (χ2v) is 9.96. The molecular formula is C22H28N2O5S. The average molecular weight is 433 g/mol. The van der Waals surface area contributed by atoms with Crippen LogP contribution >= 0.6 is 0 Å². The molecule has 2 atom stereocenters. The average Bonchev–Trinajstić information content (AvgIpc) is 2.69. The lowest BCUT2D eigenvalue weighted by atomic mass is 10.1. The van der Waals surface area contributed by atoms with Crippen molar-refractivity contribution in [3.63, 3.8) is 0 Å². The van der Waals surface area contributed by atoms with Crippen LogP contribution in [0.2, 0.25) is 0 Å². The maximum atomic E-state index is 12.6. The predicted molar refractivity (Wildman–Crippen MR) is 116 cm³/mol. The normalized spacial score (nSPS) is 20.1. The number of hydrogen-bond acceptors (Lipinski definition) is 6. The van der Waals surface area contributed by atoms with Gasteiger partial charge in [-0.2, -0.15) is 0 Å². The second kappa shape index (κ2) is 9.16. The number of phenols is 1. The second-order valence-electron chi connectivity index (χ2n) is 7.68. The number of ether oxygens (including phenoxy) is 1. The number of morpholine rings is 1. The summed E-state index contributed by atoms with van der Waals surface area (Å²) in [6.07, 6.45) is 0.387. The number of anilines is 1. The number of amides is 1. The Kier molecular flexibility index (Phi) is 6.80. The van der Waals surface area contributed by atoms with Gasteiger partial charge in [-0.1, -0.05) is 19.1 Å². The van der Waals surface area contributed by atoms with Gasteiger partial charge >= 0.3 is 0 Å². The van der Waals surface area contributed by atoms with Crippen LogP contribution in [0.5, 0.6) is 5.75 Å². The fourth-order valence-electron chi connectivity index (χ4n) is 3.60. The van der Waals surface area contributed by atoms with Gasteiger partial charge in [0.2, 0.25) is 0 Å². The number of phenolic OH excluding ortho intramolecular Hbond substituents is 1. The lowest BCUT2D eigenvalue weighted by Crippen LogP contribution is -2.44. The number of sulfone groups is 1. The number of carbonyl (C=O) groups excluding carboxylic acids is 1. The molecule has 162 valence electrons. The molecule has 2 N–H and O–H groups in total. The monoisotopic (exact) mass is 432 g/mol. The SMILES string of the molecule is CCS(=O)(=O)c1ccc(O)c(NC(=O)c2ccc(CN3CC(C)OC(C)C3)cc2)c1. The van der Waals surface area contributed by atoms with E-state index >= 15 is 0 Å². The number of hydrogen-bond donors (Lipinski definition) is 2. The summed E-state index contributed by atoms with van der Waals surface area (Å²) in [4.78, 5) is 15.0. The number of benzene rings is 2. The van der Waals surface area contributed by atoms with E-state index in [1.54, 1.807) is 19.1 Å². The Bertz CT molecular complexity index is 995. The van der Waals surface area contributed by atoms with Crippen molar-refractivity contribution in [3.8, 4) is 5.75 Å². The third kappa shape index (κ3) is 5.38. The maximum absolute atomic E-state index is 12.6. The van der Waals surface area contributed by atoms with Crippen LogP contribution in [0.1, 0.15) is 36.7 Å². The van der Waals surface area contributed by atoms with Gasteiger partial charge in [-0.3, -0.25) is 9.69 Å². The van der Waals surface area contributed by atoms with E-state index in [2.05, 4.69) is 24.1 Å². The molecule has 1 heterocycles. The summed E-state index contributed by atoms with van der Waals surface area (Å²) >= 11 is 0. The van der Waals surface area contributed by atoms with Crippen LogP contribution in [0.15, 0.2) is 47.4 Å². The Morgan fingerprint density at radius 3 is 2.37 bits per heavy atom. The third-order valence-corrected chi connectivity index (χ3v) is 6.81. The lowest BCUT2D eigenvalue weighted by molar-refractivity contribution is -0.0704. The number of aromatic hydroxyl groups is 1. The summed E-state index contributed by atoms with van der Waals surface area (Å²) in [6, 6.07) is 11.1. The summed E-state index contributed by atoms with van der Waals surface area (Å²) < 4.78 is 29.9. The van der Waals surface area contributed by atoms with Gasteiger partial charge in [-0.25, -0.2) is 8.42 Å². The van der Waals surface area contributed by atoms with Crippen molar-refractivity contribution in [2.75, 3.05) is 24.2 Å². The van der Waals surface area contributed by atoms with Crippen LogP contribution < -0.4 is 5.32 Å². The largest absolute Gasteiger partial charge is 0.506 e. The van der Waals surface area contributed by atoms with Gasteiger partial charge in [-0.15, -0.1) is 0 Å². The smallest absolute Gasteiger partial charge is 0.255 e. The number of nitrogens with one attached hydrogen (secondary N) is 1. The summed E-state index contributed by atoms with van der Waals surface area (Å²) in [5, 5.41) is 12.6. The molecule has 1 amide bonds. The van der Waals surface area contributed by atoms with Crippen LogP contribution in [0.25, 0.3) is 0 Å². The van der Waals surface area contributed by atoms with Crippen LogP contribution in [0.4, 0.5) is 5.69 Å². The fraction of sp³-hybridized carbons (Fsp3) is 0.409. The molecule has 8 heteroatoms. The first-order valence-corrected chi connectivity index (χ1v) is 11.7. The van der Waals surface area contributed by atoms with E-state index in [1.165, 1.54) is 18.2 Å². The Morgan fingerprint density at radius 1 is 1.13 bits per heavy atom. The quantitative estimate of drug-likeness (QED) is 0.681. The van der Waals surface area contributed by atoms with Crippen molar-refractivity contribution in [2.45, 2.75) is 44.4 Å². The molecule has 0 aromatic heterocycles. The standard InChI is InChI=1S/C22H28N2O5S/c1-4-30(27,28)19-9-10-21(25)20(11-19)23-22(26)18-7-5-17(6-8-18)14-24-12-15(2)29-16(3)13-24/h5-11,15-16,25H,4,12-14H2,1-3H3,(H,23,26). The Hall–Kier alpha value is -2.42. The number of rotatable bonds is 6. The first kappa shape index (κ1) is 22.3. The van der Waals surface area contributed by atoms with Gasteiger partial charge in [-0.05, 0) is 49.7 Å². The molecule has 1 saturated heterocycles. The predicted octanol–water partition coefficient (Wildman–Crippen LogP) is 3.05. The third-order valence-electron chi connectivity index (χ3n) is 5.07. The highest BCUT2D eigenvalue weighted by Gasteiger charge is 2.22. The molecule has 2 unspecified atom stereocenters. The van der Waals surface area contributed by atoms with Crippen molar-refractivity contribution in [1.82, 2.24) is 4.90 Å². The topological polar surface area (TPSA) is 95.9 Å². The molecule has 0 spiro atoms. The van der Waals surface area contributed by atoms with Gasteiger partial charge in [0.1, 0.15) is 5.75 Å². The van der Waals surface area contributed by atoms with E-state index in [0.717, 1.165) is 25.2 Å². The van der Waals surface area contributed by atoms with Crippen molar-refractivity contribution in [2.24, 2.45) is 0 Å². The first-order chi connectivity index (χ1) is 14.2. The lowest BCUT2D eigenvalue weighted by Gasteiger charge is -2.35. The van der Waals surface area contributed by atoms with Gasteiger partial charge in [0.15, 0.2) is 9.84 Å². The zero-order valence-corrected chi connectivity index (χ0v) is 18.3. The molecule has 0 radical (unpaired) electrons. The van der Waals surface area contributed by atoms with Crippen molar-refractivity contribution in [1.29, 1.82) is 0 Å². The number of nitrogens with zero attached hydrogens (tertiary/aromatic N) is 1. The molecule has 3 rings (SSSR count). The van der Waals surface area contributed by atoms with Gasteiger partial charge in [0.25, 0.3) is 5.91 Å². The minimum Gasteiger partial charge on any atom is -0.506 e. The van der Waals surface area contributed by atoms with Gasteiger partial charge in [0.05, 0.1) is 28.5 Å². The van der Waals surface area contributed by atoms with Crippen molar-refractivity contribution in [3.05, 3.63) is 53.6 Å². The Morgan fingerprint density at radius 2 is 1.77 bits per heavy atom. The van der Waals surface area contributed by atoms with E-state index in [1.807, 2.05) is 12.1 Å². The highest BCUT2D eigenvalue weighted by atomic mass is 32.2. The van der Waals surface area contributed by atoms with E-state index in [4.69, 9.17) is 4.74 Å². The highest BCUT2D eigenvalue weighted by Crippen LogP contribution is 2.27. The van der Waals surface area contributed by atoms with Crippen molar-refractivity contribution < 1.29 is 23.1 Å². The minimum atomic E-state index is -3.44. The zero-order chi connectivity index (χ0) is 21.9. The Labute approximate surface area is 177 Å². The molecule has 7 nitrogen and oxygen atoms in total. The van der Waals surface area contributed by atoms with Gasteiger partial charge in [0, 0.05) is 25.2 Å². The van der Waals surface area contributed by atoms with Gasteiger partial charge < -0.3 is 15.2 Å². The molecule has 1 aliphatic heterocycles. The molecule has 2 aromatic carbocycles. The maximum Gasteiger partial charge on any atom is 0.255 e. The zero-order valence-electron chi connectivity index (χ0n) is 17.5. The van der Waals surface area contributed by atoms with E-state index in [9.17, 15) is 18.3 Å². The summed E-state index contributed by atoms with van der Waals surface area (Å²) in [6.45, 7) is 8.17. The van der Waals surface area contributed by atoms with Crippen molar-refractivity contribution >= 4 is 21.4 Å². The number of carbonyl (C=O) groups is 1. The molecule has 2 aromatic rings. The summed E-state index contributed by atoms with van der Waals surface area (Å²) in [5.74, 6) is -0.671.